The highest BCUT2D eigenvalue weighted by molar-refractivity contribution is 6.04. The van der Waals surface area contributed by atoms with E-state index in [4.69, 9.17) is 9.47 Å². The number of hydrogen-bond donors (Lipinski definition) is 1. The van der Waals surface area contributed by atoms with E-state index in [9.17, 15) is 9.59 Å². The number of carbonyl (C=O) groups excluding carboxylic acids is 2. The largest absolute Gasteiger partial charge is 0.497 e. The fourth-order valence-corrected chi connectivity index (χ4v) is 4.08. The van der Waals surface area contributed by atoms with E-state index < -0.39 is 6.04 Å². The lowest BCUT2D eigenvalue weighted by molar-refractivity contribution is -0.125. The zero-order valence-electron chi connectivity index (χ0n) is 18.2. The van der Waals surface area contributed by atoms with Gasteiger partial charge in [-0.2, -0.15) is 0 Å². The SMILES string of the molecule is COc1ccc(OC)c(CN2C(=O)c3ccccc3C2C(=O)NCCc2ccccc2)c1. The average molecular weight is 431 g/mol. The lowest BCUT2D eigenvalue weighted by Crippen LogP contribution is -2.39. The monoisotopic (exact) mass is 430 g/mol. The van der Waals surface area contributed by atoms with Crippen LogP contribution in [0.2, 0.25) is 0 Å². The number of methoxy groups -OCH3 is 2. The number of hydrogen-bond acceptors (Lipinski definition) is 4. The Morgan fingerprint density at radius 1 is 0.969 bits per heavy atom. The predicted octanol–water partition coefficient (Wildman–Crippen LogP) is 3.76. The number of carbonyl (C=O) groups is 2. The minimum atomic E-state index is -0.703. The van der Waals surface area contributed by atoms with Gasteiger partial charge >= 0.3 is 0 Å². The fraction of sp³-hybridized carbons (Fsp3) is 0.231. The standard InChI is InChI=1S/C26H26N2O4/c1-31-20-12-13-23(32-2)19(16-20)17-28-24(21-10-6-7-11-22(21)26(28)30)25(29)27-15-14-18-8-4-3-5-9-18/h3-13,16,24H,14-15,17H2,1-2H3,(H,27,29). The first kappa shape index (κ1) is 21.4. The predicted molar refractivity (Wildman–Crippen MR) is 122 cm³/mol. The van der Waals surface area contributed by atoms with Crippen LogP contribution in [0.1, 0.15) is 33.1 Å². The Morgan fingerprint density at radius 3 is 2.47 bits per heavy atom. The van der Waals surface area contributed by atoms with Crippen LogP contribution >= 0.6 is 0 Å². The second-order valence-electron chi connectivity index (χ2n) is 7.63. The molecule has 3 aromatic carbocycles. The summed E-state index contributed by atoms with van der Waals surface area (Å²) in [5.74, 6) is 0.932. The van der Waals surface area contributed by atoms with Crippen LogP contribution in [0.5, 0.6) is 11.5 Å². The van der Waals surface area contributed by atoms with Gasteiger partial charge in [0.25, 0.3) is 5.91 Å². The number of nitrogens with zero attached hydrogens (tertiary/aromatic N) is 1. The molecule has 1 atom stereocenters. The summed E-state index contributed by atoms with van der Waals surface area (Å²) in [6, 6.07) is 22.0. The molecule has 1 heterocycles. The van der Waals surface area contributed by atoms with Crippen molar-refractivity contribution >= 4 is 11.8 Å². The molecule has 0 spiro atoms. The van der Waals surface area contributed by atoms with Crippen LogP contribution in [0.15, 0.2) is 72.8 Å². The third-order valence-electron chi connectivity index (χ3n) is 5.69. The molecular formula is C26H26N2O4. The molecule has 1 aliphatic heterocycles. The molecule has 4 rings (SSSR count). The smallest absolute Gasteiger partial charge is 0.255 e. The topological polar surface area (TPSA) is 67.9 Å². The highest BCUT2D eigenvalue weighted by Gasteiger charge is 2.41. The van der Waals surface area contributed by atoms with Crippen LogP contribution in [0, 0.1) is 0 Å². The van der Waals surface area contributed by atoms with E-state index in [1.807, 2.05) is 54.6 Å². The van der Waals surface area contributed by atoms with E-state index in [-0.39, 0.29) is 18.4 Å². The summed E-state index contributed by atoms with van der Waals surface area (Å²) in [7, 11) is 3.17. The molecule has 0 saturated carbocycles. The number of nitrogens with one attached hydrogen (secondary N) is 1. The first-order valence-corrected chi connectivity index (χ1v) is 10.5. The quantitative estimate of drug-likeness (QED) is 0.591. The molecule has 0 saturated heterocycles. The third-order valence-corrected chi connectivity index (χ3v) is 5.69. The van der Waals surface area contributed by atoms with Crippen molar-refractivity contribution < 1.29 is 19.1 Å². The van der Waals surface area contributed by atoms with Crippen LogP contribution in [0.4, 0.5) is 0 Å². The van der Waals surface area contributed by atoms with Crippen molar-refractivity contribution in [2.24, 2.45) is 0 Å². The van der Waals surface area contributed by atoms with Crippen molar-refractivity contribution in [3.8, 4) is 11.5 Å². The molecule has 6 heteroatoms. The van der Waals surface area contributed by atoms with Crippen molar-refractivity contribution in [1.82, 2.24) is 10.2 Å². The van der Waals surface area contributed by atoms with Crippen LogP contribution in [0.3, 0.4) is 0 Å². The van der Waals surface area contributed by atoms with E-state index >= 15 is 0 Å². The van der Waals surface area contributed by atoms with Crippen LogP contribution in [-0.2, 0) is 17.8 Å². The molecule has 0 aromatic heterocycles. The molecule has 6 nitrogen and oxygen atoms in total. The normalized spacial score (nSPS) is 14.8. The number of fused-ring (bicyclic) bond motifs is 1. The van der Waals surface area contributed by atoms with Gasteiger partial charge in [0, 0.05) is 17.7 Å². The van der Waals surface area contributed by atoms with Crippen molar-refractivity contribution in [3.05, 3.63) is 95.1 Å². The van der Waals surface area contributed by atoms with E-state index in [2.05, 4.69) is 5.32 Å². The Balaban J connectivity index is 1.58. The van der Waals surface area contributed by atoms with Gasteiger partial charge in [-0.3, -0.25) is 9.59 Å². The Morgan fingerprint density at radius 2 is 1.72 bits per heavy atom. The van der Waals surface area contributed by atoms with Crippen LogP contribution in [0.25, 0.3) is 0 Å². The maximum Gasteiger partial charge on any atom is 0.255 e. The number of amides is 2. The second kappa shape index (κ2) is 9.56. The molecule has 0 aliphatic carbocycles. The van der Waals surface area contributed by atoms with Gasteiger partial charge in [0.2, 0.25) is 5.91 Å². The van der Waals surface area contributed by atoms with Gasteiger partial charge in [-0.25, -0.2) is 0 Å². The second-order valence-corrected chi connectivity index (χ2v) is 7.63. The first-order valence-electron chi connectivity index (χ1n) is 10.5. The lowest BCUT2D eigenvalue weighted by Gasteiger charge is -2.25. The first-order chi connectivity index (χ1) is 15.6. The molecule has 3 aromatic rings. The Hall–Kier alpha value is -3.80. The Bertz CT molecular complexity index is 1110. The summed E-state index contributed by atoms with van der Waals surface area (Å²) >= 11 is 0. The summed E-state index contributed by atoms with van der Waals surface area (Å²) in [6.07, 6.45) is 0.721. The molecule has 32 heavy (non-hydrogen) atoms. The van der Waals surface area contributed by atoms with Gasteiger partial charge in [-0.15, -0.1) is 0 Å². The maximum atomic E-state index is 13.3. The zero-order chi connectivity index (χ0) is 22.5. The molecule has 1 N–H and O–H groups in total. The van der Waals surface area contributed by atoms with E-state index in [0.29, 0.717) is 23.6 Å². The van der Waals surface area contributed by atoms with Gasteiger partial charge in [0.05, 0.1) is 20.8 Å². The number of benzene rings is 3. The van der Waals surface area contributed by atoms with E-state index in [1.165, 1.54) is 0 Å². The van der Waals surface area contributed by atoms with Gasteiger partial charge in [-0.1, -0.05) is 48.5 Å². The van der Waals surface area contributed by atoms with Gasteiger partial charge in [0.15, 0.2) is 0 Å². The minimum Gasteiger partial charge on any atom is -0.497 e. The summed E-state index contributed by atoms with van der Waals surface area (Å²) < 4.78 is 10.8. The summed E-state index contributed by atoms with van der Waals surface area (Å²) in [5, 5.41) is 3.01. The summed E-state index contributed by atoms with van der Waals surface area (Å²) in [5.41, 5.74) is 3.19. The van der Waals surface area contributed by atoms with Crippen molar-refractivity contribution in [2.75, 3.05) is 20.8 Å². The van der Waals surface area contributed by atoms with Crippen molar-refractivity contribution in [2.45, 2.75) is 19.0 Å². The highest BCUT2D eigenvalue weighted by Crippen LogP contribution is 2.37. The van der Waals surface area contributed by atoms with Crippen molar-refractivity contribution in [3.63, 3.8) is 0 Å². The van der Waals surface area contributed by atoms with Crippen molar-refractivity contribution in [1.29, 1.82) is 0 Å². The fourth-order valence-electron chi connectivity index (χ4n) is 4.08. The number of ether oxygens (including phenoxy) is 2. The average Bonchev–Trinajstić information content (AvgIpc) is 3.11. The van der Waals surface area contributed by atoms with E-state index in [0.717, 1.165) is 23.1 Å². The highest BCUT2D eigenvalue weighted by atomic mass is 16.5. The molecule has 2 amide bonds. The molecule has 0 radical (unpaired) electrons. The summed E-state index contributed by atoms with van der Waals surface area (Å²) in [4.78, 5) is 28.1. The Kier molecular flexibility index (Phi) is 6.40. The third kappa shape index (κ3) is 4.30. The lowest BCUT2D eigenvalue weighted by atomic mass is 10.0. The van der Waals surface area contributed by atoms with E-state index in [1.54, 1.807) is 37.3 Å². The molecule has 1 unspecified atom stereocenters. The van der Waals surface area contributed by atoms with Crippen LogP contribution in [-0.4, -0.2) is 37.5 Å². The molecule has 0 bridgehead atoms. The summed E-state index contributed by atoms with van der Waals surface area (Å²) in [6.45, 7) is 0.719. The molecular weight excluding hydrogens is 404 g/mol. The zero-order valence-corrected chi connectivity index (χ0v) is 18.2. The van der Waals surface area contributed by atoms with Gasteiger partial charge in [0.1, 0.15) is 17.5 Å². The maximum absolute atomic E-state index is 13.3. The molecule has 164 valence electrons. The number of rotatable bonds is 8. The minimum absolute atomic E-state index is 0.173. The van der Waals surface area contributed by atoms with Gasteiger partial charge < -0.3 is 19.7 Å². The molecule has 0 fully saturated rings. The van der Waals surface area contributed by atoms with Gasteiger partial charge in [-0.05, 0) is 41.8 Å². The van der Waals surface area contributed by atoms with Crippen LogP contribution < -0.4 is 14.8 Å². The molecule has 1 aliphatic rings. The Labute approximate surface area is 187 Å².